The zero-order valence-corrected chi connectivity index (χ0v) is 16.6. The standard InChI is InChI=1S/C23H32O4/c1-4-5-18(24)16-7-6-14-13-10-19(25)17-11-20(26)21(27)12-23(17,3)15(13)8-9-22(14,16)2/h4-5,10,14-17,20-21,26-27H,6-9,11-12H2,1-3H3/b5-4+. The van der Waals surface area contributed by atoms with Gasteiger partial charge in [0.1, 0.15) is 0 Å². The summed E-state index contributed by atoms with van der Waals surface area (Å²) in [6.07, 6.45) is 8.50. The molecule has 0 radical (unpaired) electrons. The van der Waals surface area contributed by atoms with Gasteiger partial charge in [-0.3, -0.25) is 9.59 Å². The Balaban J connectivity index is 1.70. The molecular formula is C23H32O4. The number of ketones is 2. The molecule has 3 fully saturated rings. The number of carbonyl (C=O) groups is 2. The lowest BCUT2D eigenvalue weighted by molar-refractivity contribution is -0.143. The summed E-state index contributed by atoms with van der Waals surface area (Å²) in [5, 5.41) is 20.5. The summed E-state index contributed by atoms with van der Waals surface area (Å²) >= 11 is 0. The minimum absolute atomic E-state index is 0.0416. The maximum absolute atomic E-state index is 13.0. The summed E-state index contributed by atoms with van der Waals surface area (Å²) in [4.78, 5) is 25.7. The molecule has 0 aromatic carbocycles. The summed E-state index contributed by atoms with van der Waals surface area (Å²) < 4.78 is 0. The van der Waals surface area contributed by atoms with E-state index in [4.69, 9.17) is 0 Å². The minimum Gasteiger partial charge on any atom is -0.390 e. The molecular weight excluding hydrogens is 340 g/mol. The predicted octanol–water partition coefficient (Wildman–Crippen LogP) is 3.22. The zero-order chi connectivity index (χ0) is 19.6. The highest BCUT2D eigenvalue weighted by atomic mass is 16.3. The molecule has 0 aromatic rings. The Morgan fingerprint density at radius 3 is 2.48 bits per heavy atom. The molecule has 4 rings (SSSR count). The van der Waals surface area contributed by atoms with Crippen molar-refractivity contribution >= 4 is 11.6 Å². The molecule has 2 N–H and O–H groups in total. The average Bonchev–Trinajstić information content (AvgIpc) is 2.95. The number of fused-ring (bicyclic) bond motifs is 5. The van der Waals surface area contributed by atoms with Crippen LogP contribution in [0.5, 0.6) is 0 Å². The first kappa shape index (κ1) is 19.1. The van der Waals surface area contributed by atoms with Crippen molar-refractivity contribution in [1.82, 2.24) is 0 Å². The van der Waals surface area contributed by atoms with Gasteiger partial charge in [0.25, 0.3) is 0 Å². The number of carbonyl (C=O) groups excluding carboxylic acids is 2. The molecule has 8 atom stereocenters. The van der Waals surface area contributed by atoms with Gasteiger partial charge < -0.3 is 10.2 Å². The molecule has 0 spiro atoms. The van der Waals surface area contributed by atoms with Crippen molar-refractivity contribution < 1.29 is 19.8 Å². The summed E-state index contributed by atoms with van der Waals surface area (Å²) in [6, 6.07) is 0. The van der Waals surface area contributed by atoms with Gasteiger partial charge in [0.05, 0.1) is 12.2 Å². The Morgan fingerprint density at radius 2 is 1.78 bits per heavy atom. The van der Waals surface area contributed by atoms with E-state index in [-0.39, 0.29) is 46.1 Å². The van der Waals surface area contributed by atoms with Crippen LogP contribution in [-0.2, 0) is 9.59 Å². The summed E-state index contributed by atoms with van der Waals surface area (Å²) in [5.74, 6) is 0.735. The van der Waals surface area contributed by atoms with Crippen molar-refractivity contribution in [2.75, 3.05) is 0 Å². The van der Waals surface area contributed by atoms with Gasteiger partial charge in [-0.1, -0.05) is 25.5 Å². The van der Waals surface area contributed by atoms with Gasteiger partial charge in [0.15, 0.2) is 11.6 Å². The zero-order valence-electron chi connectivity index (χ0n) is 16.6. The molecule has 148 valence electrons. The van der Waals surface area contributed by atoms with E-state index in [1.54, 1.807) is 6.08 Å². The van der Waals surface area contributed by atoms with Crippen molar-refractivity contribution in [3.63, 3.8) is 0 Å². The van der Waals surface area contributed by atoms with Gasteiger partial charge in [-0.05, 0) is 80.3 Å². The second kappa shape index (κ2) is 6.38. The number of aliphatic hydroxyl groups is 2. The topological polar surface area (TPSA) is 74.6 Å². The van der Waals surface area contributed by atoms with Gasteiger partial charge in [-0.2, -0.15) is 0 Å². The highest BCUT2D eigenvalue weighted by molar-refractivity contribution is 5.95. The maximum atomic E-state index is 13.0. The lowest BCUT2D eigenvalue weighted by Crippen LogP contribution is -2.56. The second-order valence-electron chi connectivity index (χ2n) is 9.86. The second-order valence-corrected chi connectivity index (χ2v) is 9.86. The van der Waals surface area contributed by atoms with E-state index >= 15 is 0 Å². The van der Waals surface area contributed by atoms with Crippen molar-refractivity contribution in [3.8, 4) is 0 Å². The first-order chi connectivity index (χ1) is 12.7. The average molecular weight is 373 g/mol. The van der Waals surface area contributed by atoms with Gasteiger partial charge in [-0.15, -0.1) is 0 Å². The normalized spacial score (nSPS) is 49.4. The van der Waals surface area contributed by atoms with Gasteiger partial charge in [0, 0.05) is 11.8 Å². The van der Waals surface area contributed by atoms with E-state index in [9.17, 15) is 19.8 Å². The van der Waals surface area contributed by atoms with Gasteiger partial charge in [0.2, 0.25) is 0 Å². The summed E-state index contributed by atoms with van der Waals surface area (Å²) in [6.45, 7) is 6.27. The number of aliphatic hydroxyl groups excluding tert-OH is 2. The summed E-state index contributed by atoms with van der Waals surface area (Å²) in [7, 11) is 0. The van der Waals surface area contributed by atoms with Crippen LogP contribution in [0, 0.1) is 34.5 Å². The quantitative estimate of drug-likeness (QED) is 0.730. The predicted molar refractivity (Wildman–Crippen MR) is 103 cm³/mol. The molecule has 8 unspecified atom stereocenters. The first-order valence-electron chi connectivity index (χ1n) is 10.5. The molecule has 27 heavy (non-hydrogen) atoms. The third kappa shape index (κ3) is 2.63. The summed E-state index contributed by atoms with van der Waals surface area (Å²) in [5.41, 5.74) is 0.869. The lowest BCUT2D eigenvalue weighted by atomic mass is 9.47. The third-order valence-corrected chi connectivity index (χ3v) is 8.60. The van der Waals surface area contributed by atoms with E-state index in [1.165, 1.54) is 5.57 Å². The molecule has 4 heteroatoms. The van der Waals surface area contributed by atoms with Crippen LogP contribution in [-0.4, -0.2) is 34.0 Å². The van der Waals surface area contributed by atoms with Crippen molar-refractivity contribution in [3.05, 3.63) is 23.8 Å². The van der Waals surface area contributed by atoms with Gasteiger partial charge in [-0.25, -0.2) is 0 Å². The van der Waals surface area contributed by atoms with E-state index < -0.39 is 12.2 Å². The maximum Gasteiger partial charge on any atom is 0.159 e. The monoisotopic (exact) mass is 372 g/mol. The van der Waals surface area contributed by atoms with Crippen molar-refractivity contribution in [2.24, 2.45) is 34.5 Å². The molecule has 4 aliphatic carbocycles. The Hall–Kier alpha value is -1.26. The van der Waals surface area contributed by atoms with E-state index in [0.717, 1.165) is 25.7 Å². The Bertz CT molecular complexity index is 722. The molecule has 4 nitrogen and oxygen atoms in total. The van der Waals surface area contributed by atoms with Crippen molar-refractivity contribution in [1.29, 1.82) is 0 Å². The van der Waals surface area contributed by atoms with Crippen LogP contribution >= 0.6 is 0 Å². The highest BCUT2D eigenvalue weighted by Gasteiger charge is 2.61. The highest BCUT2D eigenvalue weighted by Crippen LogP contribution is 2.65. The Kier molecular flexibility index (Phi) is 4.51. The fourth-order valence-corrected chi connectivity index (χ4v) is 7.14. The molecule has 0 saturated heterocycles. The minimum atomic E-state index is -0.801. The Labute approximate surface area is 161 Å². The van der Waals surface area contributed by atoms with Gasteiger partial charge >= 0.3 is 0 Å². The Morgan fingerprint density at radius 1 is 1.07 bits per heavy atom. The van der Waals surface area contributed by atoms with E-state index in [1.807, 2.05) is 19.1 Å². The van der Waals surface area contributed by atoms with Crippen LogP contribution in [0.4, 0.5) is 0 Å². The van der Waals surface area contributed by atoms with Crippen LogP contribution in [0.3, 0.4) is 0 Å². The number of allylic oxidation sites excluding steroid dienone is 4. The molecule has 3 saturated carbocycles. The number of hydrogen-bond donors (Lipinski definition) is 2. The lowest BCUT2D eigenvalue weighted by Gasteiger charge is -2.57. The largest absolute Gasteiger partial charge is 0.390 e. The molecule has 0 aliphatic heterocycles. The fourth-order valence-electron chi connectivity index (χ4n) is 7.14. The molecule has 0 amide bonds. The first-order valence-corrected chi connectivity index (χ1v) is 10.5. The van der Waals surface area contributed by atoms with Crippen molar-refractivity contribution in [2.45, 2.75) is 71.5 Å². The van der Waals surface area contributed by atoms with Crippen LogP contribution in [0.15, 0.2) is 23.8 Å². The van der Waals surface area contributed by atoms with E-state index in [2.05, 4.69) is 13.8 Å². The van der Waals surface area contributed by atoms with E-state index in [0.29, 0.717) is 12.8 Å². The fraction of sp³-hybridized carbons (Fsp3) is 0.739. The third-order valence-electron chi connectivity index (χ3n) is 8.60. The van der Waals surface area contributed by atoms with Crippen LogP contribution in [0.25, 0.3) is 0 Å². The SMILES string of the molecule is C/C=C/C(=O)C1CCC2C3=CC(=O)C4CC(O)C(O)CC4(C)C3CCC12C. The smallest absolute Gasteiger partial charge is 0.159 e. The van der Waals surface area contributed by atoms with Crippen LogP contribution in [0.1, 0.15) is 59.3 Å². The molecule has 0 heterocycles. The number of hydrogen-bond acceptors (Lipinski definition) is 4. The number of rotatable bonds is 2. The molecule has 0 bridgehead atoms. The van der Waals surface area contributed by atoms with Crippen LogP contribution in [0.2, 0.25) is 0 Å². The molecule has 4 aliphatic rings. The molecule has 0 aromatic heterocycles. The van der Waals surface area contributed by atoms with Crippen LogP contribution < -0.4 is 0 Å².